The highest BCUT2D eigenvalue weighted by Gasteiger charge is 2.42. The molecule has 9 heteroatoms. The molecule has 1 saturated heterocycles. The minimum Gasteiger partial charge on any atom is -0.424 e. The number of nitrogens with zero attached hydrogens (tertiary/aromatic N) is 6. The number of fused-ring (bicyclic) bond motifs is 2. The summed E-state index contributed by atoms with van der Waals surface area (Å²) in [4.78, 5) is 15.7. The summed E-state index contributed by atoms with van der Waals surface area (Å²) in [7, 11) is 0. The van der Waals surface area contributed by atoms with E-state index in [1.807, 2.05) is 6.92 Å². The monoisotopic (exact) mass is 454 g/mol. The molecular formula is C23H24ClFN6O. The van der Waals surface area contributed by atoms with Crippen LogP contribution < -0.4 is 9.64 Å². The fourth-order valence-corrected chi connectivity index (χ4v) is 5.12. The molecule has 2 atom stereocenters. The number of ether oxygens (including phenoxy) is 1. The molecule has 3 heterocycles. The molecule has 1 aliphatic heterocycles. The molecule has 0 radical (unpaired) electrons. The quantitative estimate of drug-likeness (QED) is 0.534. The first-order valence-corrected chi connectivity index (χ1v) is 11.1. The number of hydrogen-bond donors (Lipinski definition) is 0. The van der Waals surface area contributed by atoms with E-state index < -0.39 is 5.82 Å². The smallest absolute Gasteiger partial charge is 0.324 e. The van der Waals surface area contributed by atoms with Crippen molar-refractivity contribution in [2.75, 3.05) is 18.0 Å². The maximum atomic E-state index is 13.4. The van der Waals surface area contributed by atoms with E-state index in [4.69, 9.17) is 16.3 Å². The molecule has 32 heavy (non-hydrogen) atoms. The number of aryl methyl sites for hydroxylation is 1. The standard InChI is InChI=1S/C23H24ClFN6O/c1-3-31-23(32-17-6-7-20(25)19(24)9-17)28-21(29-31)10-18-15-4-5-16(18)12-30(11-15)22-8-14(2)26-13-27-22/h3,6-9,13,15-16,18H,1,4-5,10-12H2,2H3. The molecule has 1 aromatic carbocycles. The van der Waals surface area contributed by atoms with Gasteiger partial charge >= 0.3 is 6.01 Å². The van der Waals surface area contributed by atoms with E-state index in [-0.39, 0.29) is 5.02 Å². The van der Waals surface area contributed by atoms with E-state index >= 15 is 0 Å². The van der Waals surface area contributed by atoms with E-state index in [0.29, 0.717) is 29.5 Å². The molecule has 2 unspecified atom stereocenters. The van der Waals surface area contributed by atoms with Crippen molar-refractivity contribution in [2.24, 2.45) is 17.8 Å². The molecular weight excluding hydrogens is 431 g/mol. The number of halogens is 2. The van der Waals surface area contributed by atoms with Gasteiger partial charge in [-0.05, 0) is 49.7 Å². The van der Waals surface area contributed by atoms with E-state index in [0.717, 1.165) is 36.8 Å². The van der Waals surface area contributed by atoms with Crippen LogP contribution >= 0.6 is 11.6 Å². The second-order valence-electron chi connectivity index (χ2n) is 8.50. The Hall–Kier alpha value is -3.00. The van der Waals surface area contributed by atoms with Crippen molar-refractivity contribution in [3.63, 3.8) is 0 Å². The first-order chi connectivity index (χ1) is 15.5. The van der Waals surface area contributed by atoms with E-state index in [1.54, 1.807) is 12.5 Å². The molecule has 2 fully saturated rings. The topological polar surface area (TPSA) is 69.0 Å². The molecule has 0 spiro atoms. The minimum atomic E-state index is -0.496. The fraction of sp³-hybridized carbons (Fsp3) is 0.391. The molecule has 1 aliphatic carbocycles. The lowest BCUT2D eigenvalue weighted by atomic mass is 9.82. The minimum absolute atomic E-state index is 0.00499. The summed E-state index contributed by atoms with van der Waals surface area (Å²) in [5.41, 5.74) is 0.985. The van der Waals surface area contributed by atoms with Gasteiger partial charge in [0.1, 0.15) is 23.7 Å². The van der Waals surface area contributed by atoms with Gasteiger partial charge in [0.25, 0.3) is 0 Å². The van der Waals surface area contributed by atoms with Crippen molar-refractivity contribution in [1.29, 1.82) is 0 Å². The molecule has 2 bridgehead atoms. The first kappa shape index (κ1) is 20.9. The van der Waals surface area contributed by atoms with Gasteiger partial charge in [0.2, 0.25) is 0 Å². The zero-order chi connectivity index (χ0) is 22.2. The highest BCUT2D eigenvalue weighted by Crippen LogP contribution is 2.44. The maximum Gasteiger partial charge on any atom is 0.324 e. The molecule has 0 amide bonds. The molecule has 7 nitrogen and oxygen atoms in total. The van der Waals surface area contributed by atoms with Crippen LogP contribution in [0.15, 0.2) is 37.2 Å². The van der Waals surface area contributed by atoms with Crippen LogP contribution in [-0.4, -0.2) is 37.8 Å². The normalized spacial score (nSPS) is 22.2. The summed E-state index contributed by atoms with van der Waals surface area (Å²) in [6.45, 7) is 7.75. The fourth-order valence-electron chi connectivity index (χ4n) is 4.95. The van der Waals surface area contributed by atoms with Crippen molar-refractivity contribution in [3.05, 3.63) is 59.5 Å². The van der Waals surface area contributed by atoms with Crippen molar-refractivity contribution < 1.29 is 9.13 Å². The van der Waals surface area contributed by atoms with Crippen LogP contribution in [0.3, 0.4) is 0 Å². The molecule has 3 aromatic rings. The number of hydrogen-bond acceptors (Lipinski definition) is 6. The molecule has 2 aromatic heterocycles. The lowest BCUT2D eigenvalue weighted by molar-refractivity contribution is 0.264. The lowest BCUT2D eigenvalue weighted by Crippen LogP contribution is -2.43. The Morgan fingerprint density at radius 1 is 1.22 bits per heavy atom. The lowest BCUT2D eigenvalue weighted by Gasteiger charge is -2.38. The van der Waals surface area contributed by atoms with Crippen LogP contribution in [0.25, 0.3) is 6.20 Å². The predicted octanol–water partition coefficient (Wildman–Crippen LogP) is 4.77. The highest BCUT2D eigenvalue weighted by atomic mass is 35.5. The van der Waals surface area contributed by atoms with Crippen molar-refractivity contribution in [3.8, 4) is 11.8 Å². The maximum absolute atomic E-state index is 13.4. The van der Waals surface area contributed by atoms with Gasteiger partial charge in [-0.25, -0.2) is 14.4 Å². The van der Waals surface area contributed by atoms with Crippen LogP contribution in [0.5, 0.6) is 11.8 Å². The summed E-state index contributed by atoms with van der Waals surface area (Å²) in [6.07, 6.45) is 6.38. The average Bonchev–Trinajstić information content (AvgIpc) is 3.25. The summed E-state index contributed by atoms with van der Waals surface area (Å²) in [5, 5.41) is 4.56. The van der Waals surface area contributed by atoms with Gasteiger partial charge in [0.15, 0.2) is 5.82 Å². The Morgan fingerprint density at radius 3 is 2.69 bits per heavy atom. The predicted molar refractivity (Wildman–Crippen MR) is 120 cm³/mol. The molecule has 2 aliphatic rings. The van der Waals surface area contributed by atoms with Crippen molar-refractivity contribution in [2.45, 2.75) is 26.2 Å². The van der Waals surface area contributed by atoms with Gasteiger partial charge in [-0.15, -0.1) is 5.10 Å². The van der Waals surface area contributed by atoms with Crippen LogP contribution in [0.4, 0.5) is 10.2 Å². The summed E-state index contributed by atoms with van der Waals surface area (Å²) in [6, 6.07) is 6.53. The van der Waals surface area contributed by atoms with E-state index in [2.05, 4.69) is 37.6 Å². The largest absolute Gasteiger partial charge is 0.424 e. The SMILES string of the molecule is C=Cn1nc(CC2C3CCC2CN(c2cc(C)ncn2)C3)nc1Oc1ccc(F)c(Cl)c1. The van der Waals surface area contributed by atoms with Crippen LogP contribution in [0, 0.1) is 30.5 Å². The van der Waals surface area contributed by atoms with Gasteiger partial charge in [-0.3, -0.25) is 0 Å². The average molecular weight is 455 g/mol. The summed E-state index contributed by atoms with van der Waals surface area (Å²) < 4.78 is 20.7. The second kappa shape index (κ2) is 8.50. The first-order valence-electron chi connectivity index (χ1n) is 10.7. The number of benzene rings is 1. The van der Waals surface area contributed by atoms with Crippen LogP contribution in [0.2, 0.25) is 5.02 Å². The third-order valence-electron chi connectivity index (χ3n) is 6.48. The van der Waals surface area contributed by atoms with Gasteiger partial charge in [-0.1, -0.05) is 18.2 Å². The number of piperidine rings is 1. The molecule has 5 rings (SSSR count). The Labute approximate surface area is 190 Å². The molecule has 166 valence electrons. The summed E-state index contributed by atoms with van der Waals surface area (Å²) in [5.74, 6) is 3.29. The Kier molecular flexibility index (Phi) is 5.55. The van der Waals surface area contributed by atoms with Crippen molar-refractivity contribution >= 4 is 23.6 Å². The van der Waals surface area contributed by atoms with Crippen LogP contribution in [-0.2, 0) is 6.42 Å². The van der Waals surface area contributed by atoms with Crippen LogP contribution in [0.1, 0.15) is 24.4 Å². The Morgan fingerprint density at radius 2 is 2.00 bits per heavy atom. The van der Waals surface area contributed by atoms with Gasteiger partial charge in [0, 0.05) is 43.5 Å². The zero-order valence-corrected chi connectivity index (χ0v) is 18.5. The van der Waals surface area contributed by atoms with Gasteiger partial charge < -0.3 is 9.64 Å². The van der Waals surface area contributed by atoms with Gasteiger partial charge in [0.05, 0.1) is 5.02 Å². The third kappa shape index (κ3) is 4.07. The zero-order valence-electron chi connectivity index (χ0n) is 17.8. The highest BCUT2D eigenvalue weighted by molar-refractivity contribution is 6.30. The number of anilines is 1. The number of rotatable bonds is 6. The molecule has 0 N–H and O–H groups in total. The van der Waals surface area contributed by atoms with Crippen molar-refractivity contribution in [1.82, 2.24) is 24.7 Å². The molecule has 1 saturated carbocycles. The van der Waals surface area contributed by atoms with E-state index in [1.165, 1.54) is 35.7 Å². The number of aromatic nitrogens is 5. The Bertz CT molecular complexity index is 1140. The third-order valence-corrected chi connectivity index (χ3v) is 6.77. The van der Waals surface area contributed by atoms with Gasteiger partial charge in [-0.2, -0.15) is 9.67 Å². The second-order valence-corrected chi connectivity index (χ2v) is 8.91. The summed E-state index contributed by atoms with van der Waals surface area (Å²) >= 11 is 5.86. The Balaban J connectivity index is 1.30. The van der Waals surface area contributed by atoms with E-state index in [9.17, 15) is 4.39 Å².